The molecular formula is C13H21N3O2S2. The third-order valence-electron chi connectivity index (χ3n) is 4.15. The molecule has 1 atom stereocenters. The quantitative estimate of drug-likeness (QED) is 0.892. The zero-order valence-corrected chi connectivity index (χ0v) is 13.3. The highest BCUT2D eigenvalue weighted by atomic mass is 32.2. The van der Waals surface area contributed by atoms with E-state index in [4.69, 9.17) is 5.73 Å². The topological polar surface area (TPSA) is 68.3 Å². The van der Waals surface area contributed by atoms with Crippen molar-refractivity contribution in [2.45, 2.75) is 42.8 Å². The number of hydrogen-bond donors (Lipinski definition) is 1. The fourth-order valence-corrected chi connectivity index (χ4v) is 5.46. The second-order valence-electron chi connectivity index (χ2n) is 5.55. The number of rotatable bonds is 5. The molecule has 0 amide bonds. The lowest BCUT2D eigenvalue weighted by Crippen LogP contribution is -2.36. The Hall–Kier alpha value is -0.500. The molecule has 1 aromatic rings. The van der Waals surface area contributed by atoms with E-state index in [1.54, 1.807) is 23.6 Å². The molecule has 2 heterocycles. The largest absolute Gasteiger partial charge is 0.346 e. The molecule has 2 aliphatic rings. The Balaban J connectivity index is 1.90. The third kappa shape index (κ3) is 2.52. The molecule has 1 aliphatic carbocycles. The Morgan fingerprint density at radius 3 is 2.75 bits per heavy atom. The van der Waals surface area contributed by atoms with Gasteiger partial charge in [0.2, 0.25) is 10.0 Å². The van der Waals surface area contributed by atoms with Crippen LogP contribution in [0.15, 0.2) is 17.2 Å². The van der Waals surface area contributed by atoms with Crippen LogP contribution in [0.5, 0.6) is 0 Å². The second-order valence-corrected chi connectivity index (χ2v) is 8.70. The van der Waals surface area contributed by atoms with Crippen LogP contribution in [0.3, 0.4) is 0 Å². The standard InChI is InChI=1S/C13H21N3O2S2/c1-15(11-4-5-19-9-11)20(17,18)13-6-12(7-14)16(8-13)10-2-3-10/h6,8,10-11H,2-5,7,9,14H2,1H3. The Kier molecular flexibility index (Phi) is 3.87. The zero-order chi connectivity index (χ0) is 14.3. The monoisotopic (exact) mass is 315 g/mol. The van der Waals surface area contributed by atoms with Crippen molar-refractivity contribution in [1.82, 2.24) is 8.87 Å². The number of nitrogens with two attached hydrogens (primary N) is 1. The minimum Gasteiger partial charge on any atom is -0.346 e. The summed E-state index contributed by atoms with van der Waals surface area (Å²) >= 11 is 1.82. The maximum absolute atomic E-state index is 12.7. The van der Waals surface area contributed by atoms with E-state index in [9.17, 15) is 8.42 Å². The van der Waals surface area contributed by atoms with Crippen LogP contribution >= 0.6 is 11.8 Å². The molecule has 112 valence electrons. The summed E-state index contributed by atoms with van der Waals surface area (Å²) in [5.41, 5.74) is 6.66. The Bertz CT molecular complexity index is 587. The smallest absolute Gasteiger partial charge is 0.244 e. The van der Waals surface area contributed by atoms with Crippen LogP contribution in [0.4, 0.5) is 0 Å². The van der Waals surface area contributed by atoms with Crippen LogP contribution in [-0.2, 0) is 16.6 Å². The molecule has 20 heavy (non-hydrogen) atoms. The van der Waals surface area contributed by atoms with Crippen molar-refractivity contribution >= 4 is 21.8 Å². The lowest BCUT2D eigenvalue weighted by atomic mass is 10.3. The highest BCUT2D eigenvalue weighted by molar-refractivity contribution is 7.99. The first-order valence-corrected chi connectivity index (χ1v) is 9.60. The molecule has 3 rings (SSSR count). The molecule has 2 N–H and O–H groups in total. The van der Waals surface area contributed by atoms with Gasteiger partial charge in [-0.2, -0.15) is 16.1 Å². The normalized spacial score (nSPS) is 23.6. The van der Waals surface area contributed by atoms with Gasteiger partial charge in [-0.15, -0.1) is 0 Å². The van der Waals surface area contributed by atoms with Gasteiger partial charge in [0.1, 0.15) is 4.90 Å². The van der Waals surface area contributed by atoms with Gasteiger partial charge in [0, 0.05) is 43.3 Å². The van der Waals surface area contributed by atoms with Gasteiger partial charge in [-0.25, -0.2) is 8.42 Å². The number of nitrogens with zero attached hydrogens (tertiary/aromatic N) is 2. The highest BCUT2D eigenvalue weighted by Gasteiger charge is 2.33. The maximum Gasteiger partial charge on any atom is 0.244 e. The minimum absolute atomic E-state index is 0.121. The molecule has 1 aliphatic heterocycles. The van der Waals surface area contributed by atoms with Gasteiger partial charge >= 0.3 is 0 Å². The van der Waals surface area contributed by atoms with Crippen molar-refractivity contribution in [3.05, 3.63) is 18.0 Å². The van der Waals surface area contributed by atoms with E-state index in [2.05, 4.69) is 0 Å². The Labute approximate surface area is 124 Å². The Morgan fingerprint density at radius 1 is 1.45 bits per heavy atom. The summed E-state index contributed by atoms with van der Waals surface area (Å²) in [4.78, 5) is 0.393. The molecule has 0 aromatic carbocycles. The van der Waals surface area contributed by atoms with Crippen molar-refractivity contribution in [3.8, 4) is 0 Å². The fraction of sp³-hybridized carbons (Fsp3) is 0.692. The van der Waals surface area contributed by atoms with E-state index in [0.717, 1.165) is 36.5 Å². The van der Waals surface area contributed by atoms with Crippen molar-refractivity contribution in [1.29, 1.82) is 0 Å². The van der Waals surface area contributed by atoms with Crippen molar-refractivity contribution in [2.75, 3.05) is 18.6 Å². The summed E-state index contributed by atoms with van der Waals surface area (Å²) in [6, 6.07) is 2.31. The molecule has 0 spiro atoms. The molecule has 0 bridgehead atoms. The number of aromatic nitrogens is 1. The summed E-state index contributed by atoms with van der Waals surface area (Å²) in [6.45, 7) is 0.384. The summed E-state index contributed by atoms with van der Waals surface area (Å²) in [5, 5.41) is 0. The van der Waals surface area contributed by atoms with E-state index < -0.39 is 10.0 Å². The van der Waals surface area contributed by atoms with Gasteiger partial charge < -0.3 is 10.3 Å². The molecule has 2 fully saturated rings. The maximum atomic E-state index is 12.7. The summed E-state index contributed by atoms with van der Waals surface area (Å²) in [5.74, 6) is 1.93. The summed E-state index contributed by atoms with van der Waals surface area (Å²) in [7, 11) is -1.70. The van der Waals surface area contributed by atoms with Crippen LogP contribution in [0, 0.1) is 0 Å². The molecular weight excluding hydrogens is 294 g/mol. The molecule has 0 radical (unpaired) electrons. The van der Waals surface area contributed by atoms with Gasteiger partial charge in [-0.1, -0.05) is 0 Å². The predicted octanol–water partition coefficient (Wildman–Crippen LogP) is 1.41. The zero-order valence-electron chi connectivity index (χ0n) is 11.7. The number of thioether (sulfide) groups is 1. The number of sulfonamides is 1. The molecule has 1 aromatic heterocycles. The van der Waals surface area contributed by atoms with E-state index >= 15 is 0 Å². The molecule has 7 heteroatoms. The van der Waals surface area contributed by atoms with Gasteiger partial charge in [0.15, 0.2) is 0 Å². The van der Waals surface area contributed by atoms with E-state index in [-0.39, 0.29) is 6.04 Å². The first kappa shape index (κ1) is 14.4. The third-order valence-corrected chi connectivity index (χ3v) is 7.17. The first-order chi connectivity index (χ1) is 9.54. The molecule has 1 unspecified atom stereocenters. The van der Waals surface area contributed by atoms with Crippen LogP contribution in [0.2, 0.25) is 0 Å². The van der Waals surface area contributed by atoms with Crippen molar-refractivity contribution in [2.24, 2.45) is 5.73 Å². The van der Waals surface area contributed by atoms with E-state index in [1.165, 1.54) is 0 Å². The molecule has 1 saturated heterocycles. The minimum atomic E-state index is -3.40. The number of hydrogen-bond acceptors (Lipinski definition) is 4. The van der Waals surface area contributed by atoms with Crippen LogP contribution in [0.25, 0.3) is 0 Å². The van der Waals surface area contributed by atoms with E-state index in [1.807, 2.05) is 16.3 Å². The van der Waals surface area contributed by atoms with Gasteiger partial charge in [0.05, 0.1) is 0 Å². The SMILES string of the molecule is CN(C1CCSC1)S(=O)(=O)c1cc(CN)n(C2CC2)c1. The van der Waals surface area contributed by atoms with Gasteiger partial charge in [-0.3, -0.25) is 0 Å². The van der Waals surface area contributed by atoms with Gasteiger partial charge in [0.25, 0.3) is 0 Å². The van der Waals surface area contributed by atoms with E-state index in [0.29, 0.717) is 17.5 Å². The lowest BCUT2D eigenvalue weighted by Gasteiger charge is -2.22. The average Bonchev–Trinajstić information content (AvgIpc) is 2.97. The fourth-order valence-electron chi connectivity index (χ4n) is 2.67. The highest BCUT2D eigenvalue weighted by Crippen LogP contribution is 2.37. The van der Waals surface area contributed by atoms with Crippen LogP contribution in [-0.4, -0.2) is 41.9 Å². The second kappa shape index (κ2) is 5.36. The molecule has 1 saturated carbocycles. The molecule has 5 nitrogen and oxygen atoms in total. The summed E-state index contributed by atoms with van der Waals surface area (Å²) < 4.78 is 29.0. The van der Waals surface area contributed by atoms with Crippen molar-refractivity contribution in [3.63, 3.8) is 0 Å². The van der Waals surface area contributed by atoms with Crippen molar-refractivity contribution < 1.29 is 8.42 Å². The lowest BCUT2D eigenvalue weighted by molar-refractivity contribution is 0.394. The average molecular weight is 315 g/mol. The van der Waals surface area contributed by atoms with Crippen LogP contribution in [0.1, 0.15) is 31.0 Å². The first-order valence-electron chi connectivity index (χ1n) is 7.00. The summed E-state index contributed by atoms with van der Waals surface area (Å²) in [6.07, 6.45) is 4.95. The van der Waals surface area contributed by atoms with Crippen LogP contribution < -0.4 is 5.73 Å². The predicted molar refractivity (Wildman–Crippen MR) is 81.3 cm³/mol. The van der Waals surface area contributed by atoms with Gasteiger partial charge in [-0.05, 0) is 31.1 Å². The Morgan fingerprint density at radius 2 is 2.20 bits per heavy atom.